The van der Waals surface area contributed by atoms with Crippen molar-refractivity contribution in [3.8, 4) is 5.75 Å². The van der Waals surface area contributed by atoms with Crippen molar-refractivity contribution >= 4 is 28.3 Å². The van der Waals surface area contributed by atoms with E-state index in [1.807, 2.05) is 24.3 Å². The highest BCUT2D eigenvalue weighted by Crippen LogP contribution is 2.36. The molecule has 0 saturated heterocycles. The number of rotatable bonds is 9. The van der Waals surface area contributed by atoms with Crippen LogP contribution in [0.15, 0.2) is 71.1 Å². The first kappa shape index (κ1) is 24.2. The molecule has 0 unspecified atom stereocenters. The van der Waals surface area contributed by atoms with Crippen LogP contribution >= 0.6 is 0 Å². The molecule has 0 fully saturated rings. The number of amides is 1. The van der Waals surface area contributed by atoms with Gasteiger partial charge in [0, 0.05) is 47.1 Å². The fourth-order valence-electron chi connectivity index (χ4n) is 4.75. The first-order valence-electron chi connectivity index (χ1n) is 12.3. The summed E-state index contributed by atoms with van der Waals surface area (Å²) in [6.07, 6.45) is 4.77. The van der Waals surface area contributed by atoms with Crippen molar-refractivity contribution in [3.63, 3.8) is 0 Å². The number of benzene rings is 3. The van der Waals surface area contributed by atoms with Gasteiger partial charge in [-0.1, -0.05) is 42.5 Å². The Bertz CT molecular complexity index is 1490. The maximum atomic E-state index is 12.9. The van der Waals surface area contributed by atoms with Crippen LogP contribution in [0.5, 0.6) is 5.75 Å². The lowest BCUT2D eigenvalue weighted by atomic mass is 9.96. The van der Waals surface area contributed by atoms with Crippen molar-refractivity contribution in [1.29, 1.82) is 0 Å². The van der Waals surface area contributed by atoms with Crippen molar-refractivity contribution in [3.05, 3.63) is 105 Å². The van der Waals surface area contributed by atoms with Gasteiger partial charge in [-0.2, -0.15) is 0 Å². The van der Waals surface area contributed by atoms with Gasteiger partial charge < -0.3 is 14.5 Å². The molecular formula is C29H26N2O6. The number of hydrogen-bond acceptors (Lipinski definition) is 6. The van der Waals surface area contributed by atoms with E-state index in [2.05, 4.69) is 11.4 Å². The Balaban J connectivity index is 1.23. The number of Topliss-reactive ketones (excluding diaryl/α,β-unsaturated/α-hetero) is 1. The largest absolute Gasteiger partial charge is 0.489 e. The van der Waals surface area contributed by atoms with Crippen LogP contribution in [0.4, 0.5) is 5.69 Å². The predicted octanol–water partition coefficient (Wildman–Crippen LogP) is 5.45. The number of ketones is 1. The first-order valence-corrected chi connectivity index (χ1v) is 12.3. The van der Waals surface area contributed by atoms with Gasteiger partial charge in [-0.25, -0.2) is 0 Å². The minimum absolute atomic E-state index is 0.171. The Morgan fingerprint density at radius 2 is 1.81 bits per heavy atom. The summed E-state index contributed by atoms with van der Waals surface area (Å²) in [6.45, 7) is 0.0807. The number of non-ortho nitro benzene ring substituents is 1. The minimum atomic E-state index is -0.561. The van der Waals surface area contributed by atoms with E-state index < -0.39 is 16.6 Å². The van der Waals surface area contributed by atoms with Crippen LogP contribution in [0.2, 0.25) is 0 Å². The van der Waals surface area contributed by atoms with Crippen molar-refractivity contribution in [2.45, 2.75) is 32.1 Å². The first-order chi connectivity index (χ1) is 18.0. The summed E-state index contributed by atoms with van der Waals surface area (Å²) in [7, 11) is 0. The van der Waals surface area contributed by atoms with Gasteiger partial charge in [-0.3, -0.25) is 19.7 Å². The van der Waals surface area contributed by atoms with E-state index in [1.54, 1.807) is 12.1 Å². The maximum Gasteiger partial charge on any atom is 0.270 e. The molecule has 188 valence electrons. The van der Waals surface area contributed by atoms with Crippen molar-refractivity contribution in [1.82, 2.24) is 5.32 Å². The molecule has 0 spiro atoms. The minimum Gasteiger partial charge on any atom is -0.489 e. The highest BCUT2D eigenvalue weighted by Gasteiger charge is 2.20. The molecule has 5 rings (SSSR count). The van der Waals surface area contributed by atoms with E-state index in [4.69, 9.17) is 9.15 Å². The summed E-state index contributed by atoms with van der Waals surface area (Å²) < 4.78 is 12.2. The Kier molecular flexibility index (Phi) is 6.98. The van der Waals surface area contributed by atoms with Crippen LogP contribution in [0, 0.1) is 10.1 Å². The van der Waals surface area contributed by atoms with E-state index in [1.165, 1.54) is 36.2 Å². The summed E-state index contributed by atoms with van der Waals surface area (Å²) in [6, 6.07) is 18.6. The van der Waals surface area contributed by atoms with Crippen LogP contribution in [0.25, 0.3) is 11.0 Å². The van der Waals surface area contributed by atoms with Gasteiger partial charge >= 0.3 is 0 Å². The Hall–Kier alpha value is -4.46. The molecular weight excluding hydrogens is 472 g/mol. The number of hydrogen-bond donors (Lipinski definition) is 1. The van der Waals surface area contributed by atoms with E-state index in [-0.39, 0.29) is 17.8 Å². The number of nitro benzene ring substituents is 1. The number of para-hydroxylation sites is 1. The molecule has 8 nitrogen and oxygen atoms in total. The normalized spacial score (nSPS) is 12.6. The van der Waals surface area contributed by atoms with Gasteiger partial charge in [-0.05, 0) is 37.0 Å². The number of fused-ring (bicyclic) bond motifs is 3. The topological polar surface area (TPSA) is 112 Å². The van der Waals surface area contributed by atoms with Gasteiger partial charge in [0.2, 0.25) is 0 Å². The number of carbonyl (C=O) groups excluding carboxylic acids is 2. The zero-order chi connectivity index (χ0) is 25.8. The summed E-state index contributed by atoms with van der Waals surface area (Å²) in [4.78, 5) is 35.8. The van der Waals surface area contributed by atoms with Gasteiger partial charge in [0.1, 0.15) is 5.76 Å². The maximum absolute atomic E-state index is 12.9. The zero-order valence-electron chi connectivity index (χ0n) is 20.2. The fourth-order valence-corrected chi connectivity index (χ4v) is 4.75. The van der Waals surface area contributed by atoms with E-state index in [0.29, 0.717) is 24.3 Å². The molecule has 1 aromatic heterocycles. The molecule has 4 aromatic rings. The molecule has 37 heavy (non-hydrogen) atoms. The molecule has 1 heterocycles. The quantitative estimate of drug-likeness (QED) is 0.186. The molecule has 1 amide bonds. The van der Waals surface area contributed by atoms with E-state index >= 15 is 0 Å². The zero-order valence-corrected chi connectivity index (χ0v) is 20.2. The second-order valence-corrected chi connectivity index (χ2v) is 9.01. The third-order valence-electron chi connectivity index (χ3n) is 6.63. The molecule has 3 aromatic carbocycles. The lowest BCUT2D eigenvalue weighted by Gasteiger charge is -2.11. The number of carbonyl (C=O) groups is 2. The molecule has 8 heteroatoms. The Morgan fingerprint density at radius 3 is 2.68 bits per heavy atom. The Morgan fingerprint density at radius 1 is 1.00 bits per heavy atom. The lowest BCUT2D eigenvalue weighted by molar-refractivity contribution is -0.384. The SMILES string of the molecule is O=C(CNC(=O)c1ccccc1CCOc1cccc2c3c(oc12)CCCC3)c1cccc([N+](=O)[O-])c1. The van der Waals surface area contributed by atoms with Crippen LogP contribution in [-0.4, -0.2) is 29.8 Å². The number of nitrogens with one attached hydrogen (secondary N) is 1. The standard InChI is InChI=1S/C29H26N2O6/c32-25(20-8-5-9-21(17-20)31(34)35)18-30-29(33)22-10-2-1-7-19(22)15-16-36-27-14-6-12-24-23-11-3-4-13-26(23)37-28(24)27/h1-2,5-10,12,14,17H,3-4,11,13,15-16,18H2,(H,30,33). The molecule has 0 atom stereocenters. The van der Waals surface area contributed by atoms with Gasteiger partial charge in [0.15, 0.2) is 17.1 Å². The summed E-state index contributed by atoms with van der Waals surface area (Å²) in [5.74, 6) is 0.942. The number of nitrogens with zero attached hydrogens (tertiary/aromatic N) is 1. The van der Waals surface area contributed by atoms with Crippen LogP contribution < -0.4 is 10.1 Å². The number of aryl methyl sites for hydroxylation is 2. The Labute approximate surface area is 213 Å². The number of furan rings is 1. The fraction of sp³-hybridized carbons (Fsp3) is 0.241. The second-order valence-electron chi connectivity index (χ2n) is 9.01. The molecule has 0 aliphatic heterocycles. The van der Waals surface area contributed by atoms with Crippen LogP contribution in [0.1, 0.15) is 50.4 Å². The average Bonchev–Trinajstić information content (AvgIpc) is 3.31. The third kappa shape index (κ3) is 5.23. The van der Waals surface area contributed by atoms with E-state index in [9.17, 15) is 19.7 Å². The average molecular weight is 499 g/mol. The third-order valence-corrected chi connectivity index (χ3v) is 6.63. The summed E-state index contributed by atoms with van der Waals surface area (Å²) >= 11 is 0. The van der Waals surface area contributed by atoms with Crippen LogP contribution in [-0.2, 0) is 19.3 Å². The smallest absolute Gasteiger partial charge is 0.270 e. The summed E-state index contributed by atoms with van der Waals surface area (Å²) in [5, 5.41) is 14.7. The molecule has 0 saturated carbocycles. The van der Waals surface area contributed by atoms with Gasteiger partial charge in [0.05, 0.1) is 18.1 Å². The molecule has 0 radical (unpaired) electrons. The van der Waals surface area contributed by atoms with Crippen molar-refractivity contribution < 1.29 is 23.7 Å². The molecule has 1 N–H and O–H groups in total. The van der Waals surface area contributed by atoms with Crippen molar-refractivity contribution in [2.24, 2.45) is 0 Å². The lowest BCUT2D eigenvalue weighted by Crippen LogP contribution is -2.30. The number of nitro groups is 1. The van der Waals surface area contributed by atoms with Gasteiger partial charge in [-0.15, -0.1) is 0 Å². The van der Waals surface area contributed by atoms with Crippen molar-refractivity contribution in [2.75, 3.05) is 13.2 Å². The second kappa shape index (κ2) is 10.7. The highest BCUT2D eigenvalue weighted by atomic mass is 16.6. The van der Waals surface area contributed by atoms with Crippen LogP contribution in [0.3, 0.4) is 0 Å². The molecule has 1 aliphatic rings. The number of ether oxygens (including phenoxy) is 1. The van der Waals surface area contributed by atoms with Gasteiger partial charge in [0.25, 0.3) is 11.6 Å². The predicted molar refractivity (Wildman–Crippen MR) is 138 cm³/mol. The monoisotopic (exact) mass is 498 g/mol. The van der Waals surface area contributed by atoms with E-state index in [0.717, 1.165) is 41.6 Å². The summed E-state index contributed by atoms with van der Waals surface area (Å²) in [5.41, 5.74) is 3.30. The highest BCUT2D eigenvalue weighted by molar-refractivity contribution is 6.02. The molecule has 0 bridgehead atoms. The molecule has 1 aliphatic carbocycles.